The van der Waals surface area contributed by atoms with Crippen LogP contribution in [0.5, 0.6) is 5.75 Å². The summed E-state index contributed by atoms with van der Waals surface area (Å²) in [5, 5.41) is 5.88. The Labute approximate surface area is 179 Å². The number of hydrazone groups is 1. The van der Waals surface area contributed by atoms with E-state index >= 15 is 0 Å². The third-order valence-corrected chi connectivity index (χ3v) is 4.70. The third-order valence-electron chi connectivity index (χ3n) is 4.70. The van der Waals surface area contributed by atoms with E-state index in [0.29, 0.717) is 22.4 Å². The van der Waals surface area contributed by atoms with Crippen molar-refractivity contribution in [3.63, 3.8) is 0 Å². The number of nitrogens with one attached hydrogen (secondary N) is 1. The highest BCUT2D eigenvalue weighted by Gasteiger charge is 2.13. The number of hydrogen-bond acceptors (Lipinski definition) is 5. The highest BCUT2D eigenvalue weighted by Crippen LogP contribution is 2.27. The highest BCUT2D eigenvalue weighted by molar-refractivity contribution is 6.04. The number of ether oxygens (including phenoxy) is 1. The number of amides is 1. The minimum atomic E-state index is -0.468. The predicted molar refractivity (Wildman–Crippen MR) is 119 cm³/mol. The van der Waals surface area contributed by atoms with Crippen LogP contribution in [0.3, 0.4) is 0 Å². The molecule has 6 nitrogen and oxygen atoms in total. The van der Waals surface area contributed by atoms with Gasteiger partial charge in [-0.3, -0.25) is 9.78 Å². The molecule has 4 rings (SSSR count). The Kier molecular flexibility index (Phi) is 5.80. The van der Waals surface area contributed by atoms with Crippen LogP contribution < -0.4 is 10.2 Å². The van der Waals surface area contributed by atoms with Crippen molar-refractivity contribution in [1.29, 1.82) is 0 Å². The number of fused-ring (bicyclic) bond motifs is 1. The van der Waals surface area contributed by atoms with E-state index in [2.05, 4.69) is 15.5 Å². The Bertz CT molecular complexity index is 1270. The normalized spacial score (nSPS) is 10.9. The lowest BCUT2D eigenvalue weighted by Gasteiger charge is -2.10. The summed E-state index contributed by atoms with van der Waals surface area (Å²) in [6, 6.07) is 21.7. The first kappa shape index (κ1) is 20.0. The van der Waals surface area contributed by atoms with E-state index in [1.807, 2.05) is 49.4 Å². The van der Waals surface area contributed by atoms with Crippen LogP contribution >= 0.6 is 0 Å². The number of rotatable bonds is 5. The van der Waals surface area contributed by atoms with Crippen molar-refractivity contribution in [3.8, 4) is 5.75 Å². The topological polar surface area (TPSA) is 80.6 Å². The number of carbonyl (C=O) groups is 2. The number of benzene rings is 3. The molecule has 31 heavy (non-hydrogen) atoms. The summed E-state index contributed by atoms with van der Waals surface area (Å²) in [6.07, 6.45) is 4.52. The Morgan fingerprint density at radius 3 is 2.52 bits per heavy atom. The second-order valence-electron chi connectivity index (χ2n) is 6.89. The van der Waals surface area contributed by atoms with E-state index in [9.17, 15) is 9.59 Å². The lowest BCUT2D eigenvalue weighted by molar-refractivity contribution is 0.0734. The molecule has 1 aromatic heterocycles. The van der Waals surface area contributed by atoms with Crippen molar-refractivity contribution in [2.24, 2.45) is 5.10 Å². The van der Waals surface area contributed by atoms with Gasteiger partial charge in [0.1, 0.15) is 5.75 Å². The first-order chi connectivity index (χ1) is 15.1. The van der Waals surface area contributed by atoms with E-state index in [4.69, 9.17) is 4.74 Å². The zero-order valence-electron chi connectivity index (χ0n) is 16.8. The third kappa shape index (κ3) is 4.64. The molecule has 0 fully saturated rings. The second-order valence-corrected chi connectivity index (χ2v) is 6.89. The summed E-state index contributed by atoms with van der Waals surface area (Å²) in [7, 11) is 0. The van der Waals surface area contributed by atoms with E-state index in [1.165, 1.54) is 12.4 Å². The quantitative estimate of drug-likeness (QED) is 0.227. The average Bonchev–Trinajstić information content (AvgIpc) is 2.81. The Hall–Kier alpha value is -4.32. The standard InChI is InChI=1S/C25H19N3O3/c1-17-8-10-19(11-9-17)25(30)31-23-13-12-18-5-2-3-7-21(18)22(23)16-27-28-24(29)20-6-4-14-26-15-20/h2-16H,1H3,(H,28,29). The molecule has 0 aliphatic carbocycles. The van der Waals surface area contributed by atoms with Crippen molar-refractivity contribution >= 4 is 28.9 Å². The first-order valence-electron chi connectivity index (χ1n) is 9.66. The lowest BCUT2D eigenvalue weighted by atomic mass is 10.0. The predicted octanol–water partition coefficient (Wildman–Crippen LogP) is 4.53. The number of pyridine rings is 1. The molecule has 152 valence electrons. The average molecular weight is 409 g/mol. The van der Waals surface area contributed by atoms with E-state index in [1.54, 1.807) is 36.5 Å². The molecule has 0 saturated heterocycles. The molecule has 0 aliphatic heterocycles. The van der Waals surface area contributed by atoms with Crippen LogP contribution in [-0.4, -0.2) is 23.1 Å². The molecule has 0 atom stereocenters. The molecule has 1 heterocycles. The van der Waals surface area contributed by atoms with Gasteiger partial charge in [-0.25, -0.2) is 10.2 Å². The van der Waals surface area contributed by atoms with Crippen LogP contribution in [0.25, 0.3) is 10.8 Å². The van der Waals surface area contributed by atoms with Crippen LogP contribution in [0, 0.1) is 6.92 Å². The van der Waals surface area contributed by atoms with Crippen molar-refractivity contribution in [1.82, 2.24) is 10.4 Å². The molecule has 0 saturated carbocycles. The molecule has 0 radical (unpaired) electrons. The number of aryl methyl sites for hydroxylation is 1. The van der Waals surface area contributed by atoms with Gasteiger partial charge in [-0.2, -0.15) is 5.10 Å². The molecule has 1 N–H and O–H groups in total. The number of aromatic nitrogens is 1. The van der Waals surface area contributed by atoms with Gasteiger partial charge in [0.15, 0.2) is 0 Å². The summed E-state index contributed by atoms with van der Waals surface area (Å²) < 4.78 is 5.67. The van der Waals surface area contributed by atoms with Crippen molar-refractivity contribution in [3.05, 3.63) is 107 Å². The van der Waals surface area contributed by atoms with E-state index < -0.39 is 5.97 Å². The molecule has 4 aromatic rings. The van der Waals surface area contributed by atoms with Crippen LogP contribution in [-0.2, 0) is 0 Å². The zero-order chi connectivity index (χ0) is 21.6. The van der Waals surface area contributed by atoms with Gasteiger partial charge in [-0.1, -0.05) is 48.0 Å². The largest absolute Gasteiger partial charge is 0.422 e. The van der Waals surface area contributed by atoms with Gasteiger partial charge in [0, 0.05) is 18.0 Å². The zero-order valence-corrected chi connectivity index (χ0v) is 16.8. The summed E-state index contributed by atoms with van der Waals surface area (Å²) in [5.74, 6) is -0.504. The summed E-state index contributed by atoms with van der Waals surface area (Å²) in [5.41, 5.74) is 4.97. The SMILES string of the molecule is Cc1ccc(C(=O)Oc2ccc3ccccc3c2C=NNC(=O)c2cccnc2)cc1. The minimum absolute atomic E-state index is 0.351. The second kappa shape index (κ2) is 9.00. The maximum atomic E-state index is 12.6. The van der Waals surface area contributed by atoms with Gasteiger partial charge < -0.3 is 4.74 Å². The van der Waals surface area contributed by atoms with Gasteiger partial charge >= 0.3 is 5.97 Å². The summed E-state index contributed by atoms with van der Waals surface area (Å²) in [4.78, 5) is 28.8. The molecule has 0 unspecified atom stereocenters. The van der Waals surface area contributed by atoms with Crippen LogP contribution in [0.4, 0.5) is 0 Å². The Balaban J connectivity index is 1.63. The fraction of sp³-hybridized carbons (Fsp3) is 0.0400. The fourth-order valence-corrected chi connectivity index (χ4v) is 3.06. The molecule has 0 spiro atoms. The Morgan fingerprint density at radius 1 is 0.935 bits per heavy atom. The maximum Gasteiger partial charge on any atom is 0.343 e. The smallest absolute Gasteiger partial charge is 0.343 e. The molecule has 3 aromatic carbocycles. The van der Waals surface area contributed by atoms with Crippen LogP contribution in [0.1, 0.15) is 31.8 Å². The van der Waals surface area contributed by atoms with E-state index in [0.717, 1.165) is 16.3 Å². The lowest BCUT2D eigenvalue weighted by Crippen LogP contribution is -2.18. The molecule has 0 aliphatic rings. The highest BCUT2D eigenvalue weighted by atomic mass is 16.5. The van der Waals surface area contributed by atoms with Gasteiger partial charge in [0.25, 0.3) is 5.91 Å². The number of hydrogen-bond donors (Lipinski definition) is 1. The van der Waals surface area contributed by atoms with Crippen molar-refractivity contribution < 1.29 is 14.3 Å². The van der Waals surface area contributed by atoms with Crippen molar-refractivity contribution in [2.75, 3.05) is 0 Å². The molecular weight excluding hydrogens is 390 g/mol. The Morgan fingerprint density at radius 2 is 1.74 bits per heavy atom. The van der Waals surface area contributed by atoms with Gasteiger partial charge in [-0.15, -0.1) is 0 Å². The minimum Gasteiger partial charge on any atom is -0.422 e. The van der Waals surface area contributed by atoms with Crippen LogP contribution in [0.2, 0.25) is 0 Å². The molecule has 0 bridgehead atoms. The number of esters is 1. The number of carbonyl (C=O) groups excluding carboxylic acids is 2. The monoisotopic (exact) mass is 409 g/mol. The summed E-state index contributed by atoms with van der Waals surface area (Å²) >= 11 is 0. The van der Waals surface area contributed by atoms with Gasteiger partial charge in [0.05, 0.1) is 17.3 Å². The van der Waals surface area contributed by atoms with Gasteiger partial charge in [0.2, 0.25) is 0 Å². The first-order valence-corrected chi connectivity index (χ1v) is 9.66. The molecule has 6 heteroatoms. The van der Waals surface area contributed by atoms with E-state index in [-0.39, 0.29) is 5.91 Å². The van der Waals surface area contributed by atoms with Gasteiger partial charge in [-0.05, 0) is 48.0 Å². The molecular formula is C25H19N3O3. The van der Waals surface area contributed by atoms with Crippen molar-refractivity contribution in [2.45, 2.75) is 6.92 Å². The maximum absolute atomic E-state index is 12.6. The number of nitrogens with zero attached hydrogens (tertiary/aromatic N) is 2. The fourth-order valence-electron chi connectivity index (χ4n) is 3.06. The van der Waals surface area contributed by atoms with Crippen LogP contribution in [0.15, 0.2) is 90.3 Å². The summed E-state index contributed by atoms with van der Waals surface area (Å²) in [6.45, 7) is 1.95. The molecule has 1 amide bonds.